The molecule has 2 aromatic carbocycles. The van der Waals surface area contributed by atoms with Crippen molar-refractivity contribution in [1.29, 1.82) is 0 Å². The van der Waals surface area contributed by atoms with Crippen molar-refractivity contribution in [2.75, 3.05) is 26.2 Å². The Hall–Kier alpha value is -2.54. The summed E-state index contributed by atoms with van der Waals surface area (Å²) in [4.78, 5) is 27.7. The molecule has 1 heterocycles. The molecular weight excluding hydrogens is 381 g/mol. The Morgan fingerprint density at radius 2 is 1.44 bits per heavy atom. The summed E-state index contributed by atoms with van der Waals surface area (Å²) >= 11 is 5.82. The van der Waals surface area contributed by atoms with Gasteiger partial charge in [0.1, 0.15) is 0 Å². The van der Waals surface area contributed by atoms with Crippen LogP contribution in [0.4, 0.5) is 13.2 Å². The zero-order chi connectivity index (χ0) is 19.6. The van der Waals surface area contributed by atoms with Crippen LogP contribution in [0.2, 0.25) is 5.02 Å². The Morgan fingerprint density at radius 3 is 2.07 bits per heavy atom. The molecule has 0 unspecified atom stereocenters. The Balaban J connectivity index is 1.60. The molecule has 0 aromatic heterocycles. The van der Waals surface area contributed by atoms with Gasteiger partial charge in [0.15, 0.2) is 17.5 Å². The molecule has 1 fully saturated rings. The fraction of sp³-hybridized carbons (Fsp3) is 0.263. The average Bonchev–Trinajstić information content (AvgIpc) is 2.67. The number of piperazine rings is 1. The van der Waals surface area contributed by atoms with Gasteiger partial charge in [-0.2, -0.15) is 0 Å². The topological polar surface area (TPSA) is 40.6 Å². The molecule has 0 aliphatic carbocycles. The lowest BCUT2D eigenvalue weighted by Gasteiger charge is -2.35. The third kappa shape index (κ3) is 4.24. The molecule has 0 saturated carbocycles. The van der Waals surface area contributed by atoms with Gasteiger partial charge < -0.3 is 9.80 Å². The van der Waals surface area contributed by atoms with Gasteiger partial charge in [-0.3, -0.25) is 9.59 Å². The molecule has 2 aromatic rings. The number of halogens is 4. The highest BCUT2D eigenvalue weighted by molar-refractivity contribution is 6.30. The first-order valence-electron chi connectivity index (χ1n) is 8.32. The molecule has 4 nitrogen and oxygen atoms in total. The number of carbonyl (C=O) groups is 2. The maximum atomic E-state index is 13.8. The van der Waals surface area contributed by atoms with Gasteiger partial charge >= 0.3 is 0 Å². The van der Waals surface area contributed by atoms with E-state index in [1.807, 2.05) is 0 Å². The second-order valence-corrected chi connectivity index (χ2v) is 6.64. The summed E-state index contributed by atoms with van der Waals surface area (Å²) in [5, 5.41) is 0.586. The quantitative estimate of drug-likeness (QED) is 0.747. The van der Waals surface area contributed by atoms with E-state index < -0.39 is 28.9 Å². The normalized spacial score (nSPS) is 14.4. The van der Waals surface area contributed by atoms with Crippen molar-refractivity contribution < 1.29 is 22.8 Å². The Morgan fingerprint density at radius 1 is 0.852 bits per heavy atom. The van der Waals surface area contributed by atoms with E-state index in [4.69, 9.17) is 11.6 Å². The highest BCUT2D eigenvalue weighted by Crippen LogP contribution is 2.18. The molecule has 2 amide bonds. The Bertz CT molecular complexity index is 866. The van der Waals surface area contributed by atoms with Crippen LogP contribution in [0.25, 0.3) is 0 Å². The van der Waals surface area contributed by atoms with Crippen molar-refractivity contribution >= 4 is 23.4 Å². The summed E-state index contributed by atoms with van der Waals surface area (Å²) in [7, 11) is 0. The van der Waals surface area contributed by atoms with Gasteiger partial charge in [-0.15, -0.1) is 0 Å². The van der Waals surface area contributed by atoms with Crippen molar-refractivity contribution in [2.45, 2.75) is 6.42 Å². The van der Waals surface area contributed by atoms with Crippen LogP contribution >= 0.6 is 11.6 Å². The number of hydrogen-bond acceptors (Lipinski definition) is 2. The Labute approximate surface area is 159 Å². The average molecular weight is 397 g/mol. The van der Waals surface area contributed by atoms with E-state index in [1.54, 1.807) is 29.2 Å². The molecule has 142 valence electrons. The third-order valence-corrected chi connectivity index (χ3v) is 4.71. The number of hydrogen-bond donors (Lipinski definition) is 0. The lowest BCUT2D eigenvalue weighted by Crippen LogP contribution is -2.51. The van der Waals surface area contributed by atoms with Crippen molar-refractivity contribution in [3.63, 3.8) is 0 Å². The van der Waals surface area contributed by atoms with E-state index in [9.17, 15) is 22.8 Å². The van der Waals surface area contributed by atoms with E-state index in [2.05, 4.69) is 0 Å². The van der Waals surface area contributed by atoms with Crippen LogP contribution in [0.15, 0.2) is 36.4 Å². The summed E-state index contributed by atoms with van der Waals surface area (Å²) in [6.45, 7) is 0.931. The zero-order valence-corrected chi connectivity index (χ0v) is 15.0. The number of rotatable bonds is 3. The minimum absolute atomic E-state index is 0.0940. The molecule has 27 heavy (non-hydrogen) atoms. The highest BCUT2D eigenvalue weighted by Gasteiger charge is 2.27. The molecule has 0 radical (unpaired) electrons. The first-order valence-corrected chi connectivity index (χ1v) is 8.69. The monoisotopic (exact) mass is 396 g/mol. The standard InChI is InChI=1S/C19H16ClF3N2O2/c20-13-3-1-12(2-4-13)11-16(26)24-7-9-25(10-8-24)19(27)14-5-6-15(21)18(23)17(14)22/h1-6H,7-11H2. The molecule has 0 bridgehead atoms. The summed E-state index contributed by atoms with van der Waals surface area (Å²) in [5.41, 5.74) is 0.307. The van der Waals surface area contributed by atoms with Gasteiger partial charge in [-0.05, 0) is 29.8 Å². The first kappa shape index (κ1) is 19.2. The third-order valence-electron chi connectivity index (χ3n) is 4.45. The minimum atomic E-state index is -1.67. The van der Waals surface area contributed by atoms with Crippen LogP contribution < -0.4 is 0 Å². The second kappa shape index (κ2) is 8.00. The van der Waals surface area contributed by atoms with E-state index in [1.165, 1.54) is 4.90 Å². The fourth-order valence-corrected chi connectivity index (χ4v) is 3.04. The Kier molecular flexibility index (Phi) is 5.70. The van der Waals surface area contributed by atoms with Crippen molar-refractivity contribution in [3.8, 4) is 0 Å². The fourth-order valence-electron chi connectivity index (χ4n) is 2.91. The molecule has 0 spiro atoms. The maximum Gasteiger partial charge on any atom is 0.257 e. The van der Waals surface area contributed by atoms with Crippen LogP contribution in [0.3, 0.4) is 0 Å². The van der Waals surface area contributed by atoms with Crippen molar-refractivity contribution in [2.24, 2.45) is 0 Å². The summed E-state index contributed by atoms with van der Waals surface area (Å²) in [6, 6.07) is 8.59. The molecule has 1 aliphatic heterocycles. The van der Waals surface area contributed by atoms with Gasteiger partial charge in [0, 0.05) is 31.2 Å². The number of carbonyl (C=O) groups excluding carboxylic acids is 2. The van der Waals surface area contributed by atoms with E-state index in [-0.39, 0.29) is 38.5 Å². The predicted molar refractivity (Wildman–Crippen MR) is 94.0 cm³/mol. The maximum absolute atomic E-state index is 13.8. The number of nitrogens with zero attached hydrogens (tertiary/aromatic N) is 2. The van der Waals surface area contributed by atoms with Gasteiger partial charge in [-0.25, -0.2) is 13.2 Å². The van der Waals surface area contributed by atoms with Crippen LogP contribution in [0, 0.1) is 17.5 Å². The first-order chi connectivity index (χ1) is 12.9. The van der Waals surface area contributed by atoms with Gasteiger partial charge in [0.05, 0.1) is 12.0 Å². The summed E-state index contributed by atoms with van der Waals surface area (Å²) < 4.78 is 40.2. The molecule has 1 saturated heterocycles. The van der Waals surface area contributed by atoms with E-state index in [0.29, 0.717) is 5.02 Å². The smallest absolute Gasteiger partial charge is 0.257 e. The highest BCUT2D eigenvalue weighted by atomic mass is 35.5. The lowest BCUT2D eigenvalue weighted by atomic mass is 10.1. The van der Waals surface area contributed by atoms with E-state index in [0.717, 1.165) is 17.7 Å². The molecule has 0 atom stereocenters. The molecule has 0 N–H and O–H groups in total. The van der Waals surface area contributed by atoms with Crippen LogP contribution in [0.5, 0.6) is 0 Å². The molecule has 1 aliphatic rings. The largest absolute Gasteiger partial charge is 0.339 e. The van der Waals surface area contributed by atoms with Crippen LogP contribution in [-0.4, -0.2) is 47.8 Å². The SMILES string of the molecule is O=C(Cc1ccc(Cl)cc1)N1CCN(C(=O)c2ccc(F)c(F)c2F)CC1. The number of amides is 2. The van der Waals surface area contributed by atoms with Gasteiger partial charge in [0.2, 0.25) is 5.91 Å². The van der Waals surface area contributed by atoms with Gasteiger partial charge in [-0.1, -0.05) is 23.7 Å². The van der Waals surface area contributed by atoms with Crippen molar-refractivity contribution in [3.05, 3.63) is 70.0 Å². The minimum Gasteiger partial charge on any atom is -0.339 e. The van der Waals surface area contributed by atoms with Gasteiger partial charge in [0.25, 0.3) is 5.91 Å². The zero-order valence-electron chi connectivity index (χ0n) is 14.2. The second-order valence-electron chi connectivity index (χ2n) is 6.20. The van der Waals surface area contributed by atoms with Crippen molar-refractivity contribution in [1.82, 2.24) is 9.80 Å². The van der Waals surface area contributed by atoms with E-state index >= 15 is 0 Å². The molecule has 3 rings (SSSR count). The molecular formula is C19H16ClF3N2O2. The lowest BCUT2D eigenvalue weighted by molar-refractivity contribution is -0.131. The summed E-state index contributed by atoms with van der Waals surface area (Å²) in [6.07, 6.45) is 0.211. The van der Waals surface area contributed by atoms with Crippen LogP contribution in [0.1, 0.15) is 15.9 Å². The van der Waals surface area contributed by atoms with Crippen LogP contribution in [-0.2, 0) is 11.2 Å². The number of benzene rings is 2. The molecule has 8 heteroatoms. The predicted octanol–water partition coefficient (Wildman–Crippen LogP) is 3.28. The summed E-state index contributed by atoms with van der Waals surface area (Å²) in [5.74, 6) is -5.33.